The molecule has 13 heavy (non-hydrogen) atoms. The maximum absolute atomic E-state index is 11.2. The summed E-state index contributed by atoms with van der Waals surface area (Å²) in [6, 6.07) is 0.362. The summed E-state index contributed by atoms with van der Waals surface area (Å²) in [5, 5.41) is 2.95. The van der Waals surface area contributed by atoms with Gasteiger partial charge < -0.3 is 11.1 Å². The Morgan fingerprint density at radius 3 is 2.69 bits per heavy atom. The van der Waals surface area contributed by atoms with Crippen molar-refractivity contribution < 1.29 is 4.79 Å². The fraction of sp³-hybridized carbons (Fsp3) is 0.900. The summed E-state index contributed by atoms with van der Waals surface area (Å²) in [7, 11) is 0. The number of nitrogens with two attached hydrogens (primary N) is 1. The number of nitrogens with one attached hydrogen (secondary N) is 1. The summed E-state index contributed by atoms with van der Waals surface area (Å²) in [5.41, 5.74) is 5.78. The molecule has 3 N–H and O–H groups in total. The zero-order chi connectivity index (χ0) is 9.84. The molecule has 0 spiro atoms. The first-order valence-corrected chi connectivity index (χ1v) is 5.13. The molecule has 0 saturated heterocycles. The topological polar surface area (TPSA) is 55.1 Å². The molecule has 0 radical (unpaired) electrons. The van der Waals surface area contributed by atoms with Crippen LogP contribution in [-0.4, -0.2) is 18.5 Å². The average Bonchev–Trinajstić information content (AvgIpc) is 2.47. The molecule has 2 atom stereocenters. The van der Waals surface area contributed by atoms with Gasteiger partial charge >= 0.3 is 0 Å². The van der Waals surface area contributed by atoms with Crippen LogP contribution in [-0.2, 0) is 4.79 Å². The second kappa shape index (κ2) is 4.61. The third-order valence-corrected chi connectivity index (χ3v) is 2.67. The fourth-order valence-electron chi connectivity index (χ4n) is 1.75. The largest absolute Gasteiger partial charge is 0.356 e. The molecular weight excluding hydrogens is 164 g/mol. The lowest BCUT2D eigenvalue weighted by molar-refractivity contribution is -0.124. The van der Waals surface area contributed by atoms with Crippen LogP contribution in [0.4, 0.5) is 0 Å². The number of carbonyl (C=O) groups is 1. The van der Waals surface area contributed by atoms with E-state index in [4.69, 9.17) is 5.73 Å². The highest BCUT2D eigenvalue weighted by Crippen LogP contribution is 2.23. The van der Waals surface area contributed by atoms with Gasteiger partial charge in [0, 0.05) is 18.5 Å². The Bertz CT molecular complexity index is 180. The lowest BCUT2D eigenvalue weighted by atomic mass is 10.1. The lowest BCUT2D eigenvalue weighted by Gasteiger charge is -2.12. The summed E-state index contributed by atoms with van der Waals surface area (Å²) in [4.78, 5) is 11.2. The van der Waals surface area contributed by atoms with Crippen LogP contribution in [0.3, 0.4) is 0 Å². The molecule has 1 aliphatic rings. The van der Waals surface area contributed by atoms with Gasteiger partial charge in [-0.2, -0.15) is 0 Å². The number of amides is 1. The summed E-state index contributed by atoms with van der Waals surface area (Å²) >= 11 is 0. The van der Waals surface area contributed by atoms with E-state index in [1.54, 1.807) is 0 Å². The second-order valence-corrected chi connectivity index (χ2v) is 4.34. The molecule has 2 unspecified atom stereocenters. The van der Waals surface area contributed by atoms with Crippen molar-refractivity contribution in [2.75, 3.05) is 6.54 Å². The molecule has 1 fully saturated rings. The van der Waals surface area contributed by atoms with Crippen LogP contribution in [0.1, 0.15) is 33.1 Å². The van der Waals surface area contributed by atoms with Crippen molar-refractivity contribution in [2.45, 2.75) is 39.2 Å². The van der Waals surface area contributed by atoms with Crippen LogP contribution < -0.4 is 11.1 Å². The molecule has 1 saturated carbocycles. The van der Waals surface area contributed by atoms with E-state index in [0.29, 0.717) is 12.0 Å². The standard InChI is InChI=1S/C10H20N2O/c1-7(2)10(13)12-6-8-3-4-9(11)5-8/h7-9H,3-6,11H2,1-2H3,(H,12,13). The average molecular weight is 184 g/mol. The van der Waals surface area contributed by atoms with Crippen LogP contribution in [0.2, 0.25) is 0 Å². The zero-order valence-corrected chi connectivity index (χ0v) is 8.55. The maximum atomic E-state index is 11.2. The Hall–Kier alpha value is -0.570. The lowest BCUT2D eigenvalue weighted by Crippen LogP contribution is -2.32. The van der Waals surface area contributed by atoms with Gasteiger partial charge in [0.05, 0.1) is 0 Å². The first-order valence-electron chi connectivity index (χ1n) is 5.13. The zero-order valence-electron chi connectivity index (χ0n) is 8.55. The van der Waals surface area contributed by atoms with Crippen LogP contribution >= 0.6 is 0 Å². The predicted octanol–water partition coefficient (Wildman–Crippen LogP) is 0.886. The van der Waals surface area contributed by atoms with Gasteiger partial charge in [-0.15, -0.1) is 0 Å². The van der Waals surface area contributed by atoms with Gasteiger partial charge in [0.2, 0.25) is 5.91 Å². The number of hydrogen-bond donors (Lipinski definition) is 2. The van der Waals surface area contributed by atoms with Gasteiger partial charge in [-0.3, -0.25) is 4.79 Å². The first-order chi connectivity index (χ1) is 6.09. The van der Waals surface area contributed by atoms with Crippen LogP contribution in [0.25, 0.3) is 0 Å². The summed E-state index contributed by atoms with van der Waals surface area (Å²) in [6.07, 6.45) is 3.35. The van der Waals surface area contributed by atoms with Crippen molar-refractivity contribution in [3.05, 3.63) is 0 Å². The summed E-state index contributed by atoms with van der Waals surface area (Å²) < 4.78 is 0. The Kier molecular flexibility index (Phi) is 3.72. The van der Waals surface area contributed by atoms with Gasteiger partial charge in [-0.05, 0) is 25.2 Å². The number of rotatable bonds is 3. The van der Waals surface area contributed by atoms with Gasteiger partial charge in [-0.1, -0.05) is 13.8 Å². The third-order valence-electron chi connectivity index (χ3n) is 2.67. The van der Waals surface area contributed by atoms with E-state index in [9.17, 15) is 4.79 Å². The summed E-state index contributed by atoms with van der Waals surface area (Å²) in [5.74, 6) is 0.855. The number of hydrogen-bond acceptors (Lipinski definition) is 2. The van der Waals surface area contributed by atoms with Crippen molar-refractivity contribution >= 4 is 5.91 Å². The number of carbonyl (C=O) groups excluding carboxylic acids is 1. The predicted molar refractivity (Wildman–Crippen MR) is 53.2 cm³/mol. The maximum Gasteiger partial charge on any atom is 0.222 e. The van der Waals surface area contributed by atoms with Crippen molar-refractivity contribution in [3.63, 3.8) is 0 Å². The van der Waals surface area contributed by atoms with E-state index in [0.717, 1.165) is 19.4 Å². The first kappa shape index (κ1) is 10.5. The van der Waals surface area contributed by atoms with Gasteiger partial charge in [0.1, 0.15) is 0 Å². The molecule has 0 aromatic rings. The van der Waals surface area contributed by atoms with E-state index in [2.05, 4.69) is 5.32 Å². The molecular formula is C10H20N2O. The highest BCUT2D eigenvalue weighted by atomic mass is 16.1. The molecule has 0 aromatic carbocycles. The van der Waals surface area contributed by atoms with E-state index in [1.165, 1.54) is 6.42 Å². The second-order valence-electron chi connectivity index (χ2n) is 4.34. The molecule has 3 heteroatoms. The van der Waals surface area contributed by atoms with Crippen molar-refractivity contribution in [2.24, 2.45) is 17.6 Å². The minimum Gasteiger partial charge on any atom is -0.356 e. The van der Waals surface area contributed by atoms with Crippen molar-refractivity contribution in [1.82, 2.24) is 5.32 Å². The van der Waals surface area contributed by atoms with Gasteiger partial charge in [0.15, 0.2) is 0 Å². The van der Waals surface area contributed by atoms with Gasteiger partial charge in [-0.25, -0.2) is 0 Å². The van der Waals surface area contributed by atoms with Crippen molar-refractivity contribution in [1.29, 1.82) is 0 Å². The van der Waals surface area contributed by atoms with Crippen LogP contribution in [0, 0.1) is 11.8 Å². The quantitative estimate of drug-likeness (QED) is 0.684. The molecule has 76 valence electrons. The monoisotopic (exact) mass is 184 g/mol. The molecule has 1 amide bonds. The Morgan fingerprint density at radius 2 is 2.23 bits per heavy atom. The molecule has 3 nitrogen and oxygen atoms in total. The SMILES string of the molecule is CC(C)C(=O)NCC1CCC(N)C1. The molecule has 0 aliphatic heterocycles. The van der Waals surface area contributed by atoms with Crippen LogP contribution in [0.15, 0.2) is 0 Å². The van der Waals surface area contributed by atoms with E-state index in [-0.39, 0.29) is 11.8 Å². The Morgan fingerprint density at radius 1 is 1.54 bits per heavy atom. The minimum atomic E-state index is 0.0927. The Balaban J connectivity index is 2.16. The third kappa shape index (κ3) is 3.35. The molecule has 0 aromatic heterocycles. The van der Waals surface area contributed by atoms with Crippen LogP contribution in [0.5, 0.6) is 0 Å². The Labute approximate surface area is 80.1 Å². The normalized spacial score (nSPS) is 28.0. The van der Waals surface area contributed by atoms with Gasteiger partial charge in [0.25, 0.3) is 0 Å². The smallest absolute Gasteiger partial charge is 0.222 e. The minimum absolute atomic E-state index is 0.0927. The fourth-order valence-corrected chi connectivity index (χ4v) is 1.75. The van der Waals surface area contributed by atoms with Crippen molar-refractivity contribution in [3.8, 4) is 0 Å². The molecule has 0 heterocycles. The molecule has 0 bridgehead atoms. The molecule has 1 rings (SSSR count). The van der Waals surface area contributed by atoms with E-state index in [1.807, 2.05) is 13.8 Å². The molecule has 1 aliphatic carbocycles. The highest BCUT2D eigenvalue weighted by molar-refractivity contribution is 5.77. The van der Waals surface area contributed by atoms with E-state index < -0.39 is 0 Å². The van der Waals surface area contributed by atoms with E-state index >= 15 is 0 Å². The summed E-state index contributed by atoms with van der Waals surface area (Å²) in [6.45, 7) is 4.64. The highest BCUT2D eigenvalue weighted by Gasteiger charge is 2.22.